The van der Waals surface area contributed by atoms with Crippen molar-refractivity contribution in [2.45, 2.75) is 137 Å². The standard InChI is InChI=1S/C41H56N2O4/c1-7-9-11-12-13-15-32(35-17-16-33(20-28(3)44)38(25-35)22-30(5)46)24-36(14-10-8-2)41(40(43)27-42)37-19-18-34(21-29(4)45)39(26-37)23-31(6)47/h16-19,25-27,32,42-43H,7-15,20-24H2,1-6H3/b41-36-,42-27?,43-40?. The maximum absolute atomic E-state index is 12.3. The fraction of sp³-hybridized carbons (Fsp3) is 0.512. The van der Waals surface area contributed by atoms with Crippen LogP contribution in [0.1, 0.15) is 145 Å². The first-order chi connectivity index (χ1) is 22.4. The minimum Gasteiger partial charge on any atom is -0.307 e. The van der Waals surface area contributed by atoms with Crippen LogP contribution in [0.3, 0.4) is 0 Å². The number of ketones is 4. The zero-order valence-corrected chi connectivity index (χ0v) is 29.7. The zero-order chi connectivity index (χ0) is 34.9. The van der Waals surface area contributed by atoms with E-state index in [1.807, 2.05) is 24.3 Å². The SMILES string of the molecule is CCCCCCCC(C/C(CCCC)=C(\C(=N)C=N)c1ccc(CC(C)=O)c(CC(C)=O)c1)c1ccc(CC(C)=O)c(CC(C)=O)c1. The molecule has 2 rings (SSSR count). The molecule has 2 aromatic carbocycles. The van der Waals surface area contributed by atoms with Crippen molar-refractivity contribution < 1.29 is 19.2 Å². The van der Waals surface area contributed by atoms with Gasteiger partial charge in [0.15, 0.2) is 0 Å². The van der Waals surface area contributed by atoms with Crippen LogP contribution in [0.25, 0.3) is 5.57 Å². The largest absolute Gasteiger partial charge is 0.307 e. The summed E-state index contributed by atoms with van der Waals surface area (Å²) >= 11 is 0. The van der Waals surface area contributed by atoms with Gasteiger partial charge in [-0.15, -0.1) is 0 Å². The Hall–Kier alpha value is -3.80. The maximum atomic E-state index is 12.3. The van der Waals surface area contributed by atoms with E-state index in [4.69, 9.17) is 10.8 Å². The minimum atomic E-state index is 0.00328. The first-order valence-corrected chi connectivity index (χ1v) is 17.4. The smallest absolute Gasteiger partial charge is 0.134 e. The number of carbonyl (C=O) groups excluding carboxylic acids is 4. The summed E-state index contributed by atoms with van der Waals surface area (Å²) in [6.45, 7) is 10.6. The molecule has 0 saturated carbocycles. The third-order valence-electron chi connectivity index (χ3n) is 8.70. The van der Waals surface area contributed by atoms with Gasteiger partial charge in [-0.3, -0.25) is 24.6 Å². The average Bonchev–Trinajstić information content (AvgIpc) is 3.00. The third-order valence-corrected chi connectivity index (χ3v) is 8.70. The summed E-state index contributed by atoms with van der Waals surface area (Å²) in [6, 6.07) is 12.0. The summed E-state index contributed by atoms with van der Waals surface area (Å²) in [7, 11) is 0. The Balaban J connectivity index is 2.77. The highest BCUT2D eigenvalue weighted by molar-refractivity contribution is 6.48. The molecule has 0 aliphatic heterocycles. The van der Waals surface area contributed by atoms with E-state index in [-0.39, 0.29) is 54.0 Å². The van der Waals surface area contributed by atoms with E-state index in [1.165, 1.54) is 19.3 Å². The number of carbonyl (C=O) groups is 4. The number of benzene rings is 2. The van der Waals surface area contributed by atoms with Crippen LogP contribution in [0, 0.1) is 10.8 Å². The fourth-order valence-electron chi connectivity index (χ4n) is 6.45. The molecule has 0 aliphatic carbocycles. The number of unbranched alkanes of at least 4 members (excludes halogenated alkanes) is 5. The highest BCUT2D eigenvalue weighted by Crippen LogP contribution is 2.37. The van der Waals surface area contributed by atoms with Gasteiger partial charge in [-0.1, -0.05) is 94.3 Å². The van der Waals surface area contributed by atoms with E-state index < -0.39 is 0 Å². The Labute approximate surface area is 282 Å². The molecule has 0 radical (unpaired) electrons. The normalized spacial score (nSPS) is 12.3. The van der Waals surface area contributed by atoms with E-state index in [1.54, 1.807) is 27.7 Å². The predicted molar refractivity (Wildman–Crippen MR) is 194 cm³/mol. The molecule has 47 heavy (non-hydrogen) atoms. The molecule has 0 aliphatic rings. The van der Waals surface area contributed by atoms with E-state index in [0.29, 0.717) is 12.8 Å². The lowest BCUT2D eigenvalue weighted by Crippen LogP contribution is -2.12. The molecule has 0 spiro atoms. The molecule has 1 atom stereocenters. The summed E-state index contributed by atoms with van der Waals surface area (Å²) in [5, 5.41) is 17.1. The summed E-state index contributed by atoms with van der Waals surface area (Å²) in [6.07, 6.45) is 12.2. The van der Waals surface area contributed by atoms with Gasteiger partial charge < -0.3 is 5.41 Å². The maximum Gasteiger partial charge on any atom is 0.134 e. The summed E-state index contributed by atoms with van der Waals surface area (Å²) in [5.41, 5.74) is 7.29. The number of rotatable bonds is 23. The van der Waals surface area contributed by atoms with Gasteiger partial charge in [0.1, 0.15) is 23.1 Å². The average molecular weight is 641 g/mol. The molecular weight excluding hydrogens is 584 g/mol. The van der Waals surface area contributed by atoms with Crippen LogP contribution in [-0.4, -0.2) is 35.1 Å². The van der Waals surface area contributed by atoms with Crippen LogP contribution in [-0.2, 0) is 44.9 Å². The van der Waals surface area contributed by atoms with E-state index in [9.17, 15) is 19.2 Å². The van der Waals surface area contributed by atoms with E-state index >= 15 is 0 Å². The summed E-state index contributed by atoms with van der Waals surface area (Å²) < 4.78 is 0. The molecule has 6 nitrogen and oxygen atoms in total. The first kappa shape index (κ1) is 39.4. The van der Waals surface area contributed by atoms with Gasteiger partial charge in [-0.25, -0.2) is 0 Å². The monoisotopic (exact) mass is 640 g/mol. The Morgan fingerprint density at radius 2 is 1.17 bits per heavy atom. The van der Waals surface area contributed by atoms with Crippen LogP contribution in [0.2, 0.25) is 0 Å². The van der Waals surface area contributed by atoms with Gasteiger partial charge in [-0.2, -0.15) is 0 Å². The van der Waals surface area contributed by atoms with Crippen molar-refractivity contribution in [1.82, 2.24) is 0 Å². The van der Waals surface area contributed by atoms with Crippen molar-refractivity contribution in [1.29, 1.82) is 10.8 Å². The number of hydrogen-bond acceptors (Lipinski definition) is 6. The quantitative estimate of drug-likeness (QED) is 0.0930. The molecule has 6 heteroatoms. The number of hydrogen-bond donors (Lipinski definition) is 2. The van der Waals surface area contributed by atoms with Gasteiger partial charge in [0.05, 0.1) is 5.71 Å². The molecule has 0 amide bonds. The molecule has 0 aromatic heterocycles. The molecule has 0 saturated heterocycles. The summed E-state index contributed by atoms with van der Waals surface area (Å²) in [5.74, 6) is 0.275. The number of Topliss-reactive ketones (excluding diaryl/α,β-unsaturated/α-hetero) is 4. The predicted octanol–water partition coefficient (Wildman–Crippen LogP) is 9.36. The van der Waals surface area contributed by atoms with Crippen molar-refractivity contribution >= 4 is 40.6 Å². The molecule has 2 N–H and O–H groups in total. The van der Waals surface area contributed by atoms with E-state index in [2.05, 4.69) is 26.0 Å². The number of allylic oxidation sites excluding steroid dienone is 2. The van der Waals surface area contributed by atoms with Crippen molar-refractivity contribution in [2.75, 3.05) is 0 Å². The topological polar surface area (TPSA) is 116 Å². The zero-order valence-electron chi connectivity index (χ0n) is 29.7. The molecule has 1 unspecified atom stereocenters. The number of nitrogens with one attached hydrogen (secondary N) is 2. The second-order valence-electron chi connectivity index (χ2n) is 13.3. The van der Waals surface area contributed by atoms with Gasteiger partial charge in [0.2, 0.25) is 0 Å². The first-order valence-electron chi connectivity index (χ1n) is 17.4. The third kappa shape index (κ3) is 13.5. The van der Waals surface area contributed by atoms with Crippen molar-refractivity contribution in [3.05, 3.63) is 75.4 Å². The Bertz CT molecular complexity index is 1470. The second-order valence-corrected chi connectivity index (χ2v) is 13.3. The van der Waals surface area contributed by atoms with Crippen molar-refractivity contribution in [3.63, 3.8) is 0 Å². The van der Waals surface area contributed by atoms with Crippen LogP contribution >= 0.6 is 0 Å². The Kier molecular flexibility index (Phi) is 17.1. The molecule has 0 fully saturated rings. The van der Waals surface area contributed by atoms with Crippen LogP contribution in [0.15, 0.2) is 42.0 Å². The molecule has 2 aromatic rings. The highest BCUT2D eigenvalue weighted by atomic mass is 16.1. The molecule has 0 heterocycles. The van der Waals surface area contributed by atoms with Crippen LogP contribution in [0.5, 0.6) is 0 Å². The van der Waals surface area contributed by atoms with Crippen molar-refractivity contribution in [2.24, 2.45) is 0 Å². The Morgan fingerprint density at radius 3 is 1.70 bits per heavy atom. The van der Waals surface area contributed by atoms with Crippen LogP contribution < -0.4 is 0 Å². The van der Waals surface area contributed by atoms with Gasteiger partial charge in [0.25, 0.3) is 0 Å². The van der Waals surface area contributed by atoms with Crippen LogP contribution in [0.4, 0.5) is 0 Å². The second kappa shape index (κ2) is 20.4. The van der Waals surface area contributed by atoms with Gasteiger partial charge >= 0.3 is 0 Å². The Morgan fingerprint density at radius 1 is 0.660 bits per heavy atom. The molecular formula is C41H56N2O4. The van der Waals surface area contributed by atoms with Gasteiger partial charge in [0, 0.05) is 37.5 Å². The lowest BCUT2D eigenvalue weighted by atomic mass is 9.80. The minimum absolute atomic E-state index is 0.00328. The lowest BCUT2D eigenvalue weighted by Gasteiger charge is -2.24. The van der Waals surface area contributed by atoms with Crippen molar-refractivity contribution in [3.8, 4) is 0 Å². The lowest BCUT2D eigenvalue weighted by molar-refractivity contribution is -0.117. The fourth-order valence-corrected chi connectivity index (χ4v) is 6.45. The summed E-state index contributed by atoms with van der Waals surface area (Å²) in [4.78, 5) is 48.5. The highest BCUT2D eigenvalue weighted by Gasteiger charge is 2.22. The van der Waals surface area contributed by atoms with E-state index in [0.717, 1.165) is 89.3 Å². The van der Waals surface area contributed by atoms with Gasteiger partial charge in [-0.05, 0) is 92.7 Å². The molecule has 254 valence electrons. The molecule has 0 bridgehead atoms.